The summed E-state index contributed by atoms with van der Waals surface area (Å²) in [5.41, 5.74) is 3.54. The van der Waals surface area contributed by atoms with Crippen molar-refractivity contribution < 1.29 is 13.2 Å². The third kappa shape index (κ3) is 9.34. The lowest BCUT2D eigenvalue weighted by molar-refractivity contribution is 0.182. The van der Waals surface area contributed by atoms with Gasteiger partial charge >= 0.3 is 0 Å². The van der Waals surface area contributed by atoms with E-state index >= 15 is 0 Å². The van der Waals surface area contributed by atoms with Crippen molar-refractivity contribution in [2.75, 3.05) is 20.1 Å². The number of benzene rings is 2. The molecular weight excluding hydrogens is 523 g/mol. The van der Waals surface area contributed by atoms with Crippen LogP contribution in [0.15, 0.2) is 84.0 Å². The first-order valence-electron chi connectivity index (χ1n) is 14.2. The average molecular weight is 564 g/mol. The predicted octanol–water partition coefficient (Wildman–Crippen LogP) is 6.67. The number of rotatable bonds is 11. The van der Waals surface area contributed by atoms with Crippen LogP contribution in [0.3, 0.4) is 0 Å². The molecule has 1 aliphatic carbocycles. The number of nitrogens with one attached hydrogen (secondary N) is 1. The highest BCUT2D eigenvalue weighted by molar-refractivity contribution is 7.79. The Morgan fingerprint density at radius 1 is 0.950 bits per heavy atom. The fourth-order valence-corrected chi connectivity index (χ4v) is 5.79. The Balaban J connectivity index is 0.000000350. The minimum absolute atomic E-state index is 0.331. The van der Waals surface area contributed by atoms with E-state index in [9.17, 15) is 13.2 Å². The van der Waals surface area contributed by atoms with Gasteiger partial charge in [0.25, 0.3) is 0 Å². The molecule has 1 aliphatic rings. The number of aromatic nitrogens is 2. The standard InChI is InChI=1S/C26H35FN4.C6H6O2S/c1-30(23-9-3-2-4-10-23)15-7-8-16-31(19-21-13-14-26(27)29-17-21)20-22-18-28-25-12-6-5-11-24(22)25;7-9(8)6-4-2-1-3-5-6/h5-6,11-14,17-18,23,28H,2-4,7-10,15-16,19-20H2,1H3;1-5H,(H,7,8)/p-1. The molecule has 0 saturated heterocycles. The van der Waals surface area contributed by atoms with Crippen LogP contribution in [0, 0.1) is 5.95 Å². The van der Waals surface area contributed by atoms with Crippen molar-refractivity contribution in [2.45, 2.75) is 69.0 Å². The van der Waals surface area contributed by atoms with Gasteiger partial charge in [-0.3, -0.25) is 9.11 Å². The lowest BCUT2D eigenvalue weighted by Gasteiger charge is -2.31. The van der Waals surface area contributed by atoms with Crippen LogP contribution in [0.25, 0.3) is 10.9 Å². The molecule has 4 aromatic rings. The molecule has 1 N–H and O–H groups in total. The molecule has 1 saturated carbocycles. The van der Waals surface area contributed by atoms with Gasteiger partial charge in [0.15, 0.2) is 0 Å². The van der Waals surface area contributed by atoms with Gasteiger partial charge in [-0.2, -0.15) is 4.39 Å². The quantitative estimate of drug-likeness (QED) is 0.125. The van der Waals surface area contributed by atoms with Gasteiger partial charge in [-0.1, -0.05) is 61.7 Å². The van der Waals surface area contributed by atoms with E-state index in [0.717, 1.165) is 37.7 Å². The van der Waals surface area contributed by atoms with Crippen LogP contribution in [0.4, 0.5) is 4.39 Å². The predicted molar refractivity (Wildman–Crippen MR) is 159 cm³/mol. The smallest absolute Gasteiger partial charge is 0.212 e. The van der Waals surface area contributed by atoms with E-state index in [1.165, 1.54) is 67.6 Å². The number of nitrogens with zero attached hydrogens (tertiary/aromatic N) is 3. The minimum atomic E-state index is -2.08. The van der Waals surface area contributed by atoms with Crippen molar-refractivity contribution in [3.63, 3.8) is 0 Å². The summed E-state index contributed by atoms with van der Waals surface area (Å²) < 4.78 is 33.6. The second-order valence-corrected chi connectivity index (χ2v) is 11.5. The lowest BCUT2D eigenvalue weighted by atomic mass is 9.94. The van der Waals surface area contributed by atoms with Gasteiger partial charge < -0.3 is 14.4 Å². The molecule has 2 aromatic heterocycles. The van der Waals surface area contributed by atoms with Gasteiger partial charge in [-0.25, -0.2) is 4.98 Å². The van der Waals surface area contributed by atoms with Gasteiger partial charge in [0.2, 0.25) is 5.95 Å². The topological polar surface area (TPSA) is 75.3 Å². The maximum Gasteiger partial charge on any atom is 0.212 e. The molecule has 0 aliphatic heterocycles. The summed E-state index contributed by atoms with van der Waals surface area (Å²) in [5, 5.41) is 1.28. The SMILES string of the molecule is CN(CCCCN(Cc1ccc(F)nc1)Cc1c[nH]c2ccccc12)C1CCCCC1.O=S([O-])c1ccccc1. The average Bonchev–Trinajstić information content (AvgIpc) is 3.40. The fraction of sp³-hybridized carbons (Fsp3) is 0.406. The normalized spacial score (nSPS) is 14.8. The Hall–Kier alpha value is -2.91. The molecular formula is C32H40FN4O2S-. The van der Waals surface area contributed by atoms with Gasteiger partial charge in [-0.15, -0.1) is 0 Å². The Morgan fingerprint density at radius 2 is 1.68 bits per heavy atom. The Kier molecular flexibility index (Phi) is 11.8. The molecule has 1 atom stereocenters. The van der Waals surface area contributed by atoms with Crippen LogP contribution in [0.1, 0.15) is 56.1 Å². The molecule has 5 rings (SSSR count). The van der Waals surface area contributed by atoms with E-state index in [1.54, 1.807) is 36.5 Å². The van der Waals surface area contributed by atoms with Crippen LogP contribution in [-0.4, -0.2) is 54.7 Å². The molecule has 0 spiro atoms. The van der Waals surface area contributed by atoms with E-state index in [4.69, 9.17) is 0 Å². The zero-order chi connectivity index (χ0) is 28.2. The van der Waals surface area contributed by atoms with E-state index < -0.39 is 17.0 Å². The minimum Gasteiger partial charge on any atom is -0.768 e. The molecule has 0 radical (unpaired) electrons. The number of pyridine rings is 1. The number of hydrogen-bond donors (Lipinski definition) is 1. The highest BCUT2D eigenvalue weighted by atomic mass is 32.2. The zero-order valence-electron chi connectivity index (χ0n) is 23.3. The van der Waals surface area contributed by atoms with Crippen LogP contribution in [-0.2, 0) is 24.2 Å². The first-order chi connectivity index (χ1) is 19.5. The molecule has 214 valence electrons. The van der Waals surface area contributed by atoms with Crippen molar-refractivity contribution in [3.05, 3.63) is 96.2 Å². The summed E-state index contributed by atoms with van der Waals surface area (Å²) in [4.78, 5) is 12.6. The Morgan fingerprint density at radius 3 is 2.38 bits per heavy atom. The molecule has 2 aromatic carbocycles. The number of hydrogen-bond acceptors (Lipinski definition) is 5. The molecule has 1 unspecified atom stereocenters. The number of unbranched alkanes of at least 4 members (excludes halogenated alkanes) is 1. The molecule has 1 fully saturated rings. The van der Waals surface area contributed by atoms with Crippen molar-refractivity contribution >= 4 is 22.0 Å². The monoisotopic (exact) mass is 563 g/mol. The summed E-state index contributed by atoms with van der Waals surface area (Å²) in [7, 11) is 2.30. The number of fused-ring (bicyclic) bond motifs is 1. The highest BCUT2D eigenvalue weighted by Gasteiger charge is 2.17. The maximum absolute atomic E-state index is 13.2. The molecule has 40 heavy (non-hydrogen) atoms. The molecule has 0 bridgehead atoms. The van der Waals surface area contributed by atoms with E-state index in [0.29, 0.717) is 4.90 Å². The highest BCUT2D eigenvalue weighted by Crippen LogP contribution is 2.23. The zero-order valence-corrected chi connectivity index (χ0v) is 24.1. The number of para-hydroxylation sites is 1. The number of aromatic amines is 1. The summed E-state index contributed by atoms with van der Waals surface area (Å²) in [6.45, 7) is 3.85. The third-order valence-electron chi connectivity index (χ3n) is 7.63. The van der Waals surface area contributed by atoms with Gasteiger partial charge in [-0.05, 0) is 92.3 Å². The van der Waals surface area contributed by atoms with Gasteiger partial charge in [0.05, 0.1) is 0 Å². The second kappa shape index (κ2) is 15.8. The maximum atomic E-state index is 13.2. The Labute approximate surface area is 239 Å². The van der Waals surface area contributed by atoms with E-state index in [-0.39, 0.29) is 0 Å². The second-order valence-electron chi connectivity index (χ2n) is 10.6. The third-order valence-corrected chi connectivity index (χ3v) is 8.29. The Bertz CT molecular complexity index is 1310. The van der Waals surface area contributed by atoms with Crippen LogP contribution in [0.2, 0.25) is 0 Å². The lowest BCUT2D eigenvalue weighted by Crippen LogP contribution is -2.34. The fourth-order valence-electron chi connectivity index (χ4n) is 5.41. The largest absolute Gasteiger partial charge is 0.768 e. The van der Waals surface area contributed by atoms with Crippen LogP contribution >= 0.6 is 0 Å². The summed E-state index contributed by atoms with van der Waals surface area (Å²) >= 11 is -2.08. The van der Waals surface area contributed by atoms with Crippen molar-refractivity contribution in [1.82, 2.24) is 19.8 Å². The first-order valence-corrected chi connectivity index (χ1v) is 15.3. The summed E-state index contributed by atoms with van der Waals surface area (Å²) in [5.74, 6) is -0.419. The van der Waals surface area contributed by atoms with Crippen molar-refractivity contribution in [3.8, 4) is 0 Å². The molecule has 0 amide bonds. The molecule has 8 heteroatoms. The molecule has 2 heterocycles. The first kappa shape index (κ1) is 30.1. The summed E-state index contributed by atoms with van der Waals surface area (Å²) in [6.07, 6.45) is 13.1. The van der Waals surface area contributed by atoms with Gasteiger partial charge in [0.1, 0.15) is 0 Å². The van der Waals surface area contributed by atoms with E-state index in [1.807, 2.05) is 6.07 Å². The van der Waals surface area contributed by atoms with Crippen molar-refractivity contribution in [2.24, 2.45) is 0 Å². The van der Waals surface area contributed by atoms with Crippen LogP contribution in [0.5, 0.6) is 0 Å². The summed E-state index contributed by atoms with van der Waals surface area (Å²) in [6, 6.07) is 20.8. The molecule has 6 nitrogen and oxygen atoms in total. The van der Waals surface area contributed by atoms with E-state index in [2.05, 4.69) is 57.3 Å². The number of halogens is 1. The van der Waals surface area contributed by atoms with Crippen molar-refractivity contribution in [1.29, 1.82) is 0 Å². The number of H-pyrrole nitrogens is 1. The van der Waals surface area contributed by atoms with Crippen LogP contribution < -0.4 is 0 Å². The van der Waals surface area contributed by atoms with Gasteiger partial charge in [0, 0.05) is 47.3 Å².